The monoisotopic (exact) mass is 397 g/mol. The third kappa shape index (κ3) is 4.92. The summed E-state index contributed by atoms with van der Waals surface area (Å²) in [4.78, 5) is 17.0. The van der Waals surface area contributed by atoms with Gasteiger partial charge in [-0.1, -0.05) is 17.3 Å². The summed E-state index contributed by atoms with van der Waals surface area (Å²) in [6.45, 7) is 4.35. The SMILES string of the molecule is COc1ccc(CCNC(=O)c2cccnc2SCc2c(C)noc2C)cc1. The first-order chi connectivity index (χ1) is 13.6. The highest BCUT2D eigenvalue weighted by Gasteiger charge is 2.15. The van der Waals surface area contributed by atoms with Crippen LogP contribution in [0.3, 0.4) is 0 Å². The number of methoxy groups -OCH3 is 1. The van der Waals surface area contributed by atoms with Crippen molar-refractivity contribution in [2.45, 2.75) is 31.0 Å². The Balaban J connectivity index is 1.58. The van der Waals surface area contributed by atoms with E-state index in [0.717, 1.165) is 34.8 Å². The summed E-state index contributed by atoms with van der Waals surface area (Å²) in [5.74, 6) is 2.15. The van der Waals surface area contributed by atoms with Crippen molar-refractivity contribution in [1.82, 2.24) is 15.5 Å². The average molecular weight is 398 g/mol. The summed E-state index contributed by atoms with van der Waals surface area (Å²) in [7, 11) is 1.64. The van der Waals surface area contributed by atoms with E-state index in [2.05, 4.69) is 15.5 Å². The number of aryl methyl sites for hydroxylation is 2. The lowest BCUT2D eigenvalue weighted by atomic mass is 10.1. The van der Waals surface area contributed by atoms with Crippen LogP contribution in [0, 0.1) is 13.8 Å². The van der Waals surface area contributed by atoms with E-state index in [1.807, 2.05) is 38.1 Å². The van der Waals surface area contributed by atoms with Crippen LogP contribution in [-0.2, 0) is 12.2 Å². The zero-order valence-corrected chi connectivity index (χ0v) is 17.0. The Morgan fingerprint density at radius 1 is 1.21 bits per heavy atom. The molecule has 0 unspecified atom stereocenters. The van der Waals surface area contributed by atoms with Crippen molar-refractivity contribution < 1.29 is 14.1 Å². The number of benzene rings is 1. The molecule has 146 valence electrons. The van der Waals surface area contributed by atoms with Gasteiger partial charge in [-0.25, -0.2) is 4.98 Å². The van der Waals surface area contributed by atoms with E-state index in [0.29, 0.717) is 22.9 Å². The Morgan fingerprint density at radius 3 is 2.68 bits per heavy atom. The van der Waals surface area contributed by atoms with Gasteiger partial charge in [-0.3, -0.25) is 4.79 Å². The van der Waals surface area contributed by atoms with Gasteiger partial charge in [0.05, 0.1) is 18.4 Å². The Bertz CT molecular complexity index is 919. The number of amides is 1. The van der Waals surface area contributed by atoms with Crippen LogP contribution in [0.25, 0.3) is 0 Å². The van der Waals surface area contributed by atoms with E-state index in [1.54, 1.807) is 25.4 Å². The molecule has 0 fully saturated rings. The molecule has 1 amide bonds. The highest BCUT2D eigenvalue weighted by atomic mass is 32.2. The summed E-state index contributed by atoms with van der Waals surface area (Å²) in [5.41, 5.74) is 3.63. The maximum Gasteiger partial charge on any atom is 0.254 e. The maximum absolute atomic E-state index is 12.6. The molecule has 6 nitrogen and oxygen atoms in total. The van der Waals surface area contributed by atoms with E-state index in [4.69, 9.17) is 9.26 Å². The molecule has 0 spiro atoms. The van der Waals surface area contributed by atoms with Gasteiger partial charge in [0.25, 0.3) is 5.91 Å². The lowest BCUT2D eigenvalue weighted by Gasteiger charge is -2.09. The highest BCUT2D eigenvalue weighted by Crippen LogP contribution is 2.27. The largest absolute Gasteiger partial charge is 0.497 e. The minimum atomic E-state index is -0.122. The molecule has 0 aliphatic heterocycles. The number of hydrogen-bond acceptors (Lipinski definition) is 6. The molecular formula is C21H23N3O3S. The summed E-state index contributed by atoms with van der Waals surface area (Å²) in [6, 6.07) is 11.4. The molecule has 28 heavy (non-hydrogen) atoms. The molecule has 2 aromatic heterocycles. The number of carbonyl (C=O) groups is 1. The molecule has 0 bridgehead atoms. The molecule has 0 saturated carbocycles. The molecule has 0 aliphatic carbocycles. The number of carbonyl (C=O) groups excluding carboxylic acids is 1. The first-order valence-corrected chi connectivity index (χ1v) is 9.97. The number of nitrogens with zero attached hydrogens (tertiary/aromatic N) is 2. The number of rotatable bonds is 8. The van der Waals surface area contributed by atoms with Gasteiger partial charge in [-0.15, -0.1) is 11.8 Å². The highest BCUT2D eigenvalue weighted by molar-refractivity contribution is 7.98. The summed E-state index contributed by atoms with van der Waals surface area (Å²) in [6.07, 6.45) is 2.45. The lowest BCUT2D eigenvalue weighted by Crippen LogP contribution is -2.26. The van der Waals surface area contributed by atoms with Gasteiger partial charge in [-0.2, -0.15) is 0 Å². The number of aromatic nitrogens is 2. The fourth-order valence-corrected chi connectivity index (χ4v) is 3.88. The van der Waals surface area contributed by atoms with Gasteiger partial charge in [0.15, 0.2) is 0 Å². The van der Waals surface area contributed by atoms with Crippen LogP contribution >= 0.6 is 11.8 Å². The standard InChI is InChI=1S/C21H23N3O3S/c1-14-19(15(2)27-24-14)13-28-21-18(5-4-11-23-21)20(25)22-12-10-16-6-8-17(26-3)9-7-16/h4-9,11H,10,12-13H2,1-3H3,(H,22,25). The van der Waals surface area contributed by atoms with Crippen LogP contribution in [0.2, 0.25) is 0 Å². The van der Waals surface area contributed by atoms with E-state index in [9.17, 15) is 4.79 Å². The zero-order chi connectivity index (χ0) is 19.9. The topological polar surface area (TPSA) is 77.2 Å². The van der Waals surface area contributed by atoms with E-state index < -0.39 is 0 Å². The third-order valence-electron chi connectivity index (χ3n) is 4.41. The first-order valence-electron chi connectivity index (χ1n) is 8.99. The van der Waals surface area contributed by atoms with Crippen molar-refractivity contribution in [1.29, 1.82) is 0 Å². The van der Waals surface area contributed by atoms with Crippen molar-refractivity contribution in [2.24, 2.45) is 0 Å². The Hall–Kier alpha value is -2.80. The predicted octanol–water partition coefficient (Wildman–Crippen LogP) is 3.96. The minimum absolute atomic E-state index is 0.122. The Kier molecular flexibility index (Phi) is 6.71. The molecule has 0 aliphatic rings. The number of pyridine rings is 1. The van der Waals surface area contributed by atoms with Crippen LogP contribution in [-0.4, -0.2) is 29.7 Å². The van der Waals surface area contributed by atoms with E-state index in [1.165, 1.54) is 11.8 Å². The number of ether oxygens (including phenoxy) is 1. The first kappa shape index (κ1) is 19.9. The lowest BCUT2D eigenvalue weighted by molar-refractivity contribution is 0.0950. The molecular weight excluding hydrogens is 374 g/mol. The Labute approximate surface area is 168 Å². The second-order valence-corrected chi connectivity index (χ2v) is 7.27. The van der Waals surface area contributed by atoms with Crippen molar-refractivity contribution in [3.63, 3.8) is 0 Å². The molecule has 0 radical (unpaired) electrons. The molecule has 2 heterocycles. The zero-order valence-electron chi connectivity index (χ0n) is 16.2. The van der Waals surface area contributed by atoms with Gasteiger partial charge in [0.1, 0.15) is 16.5 Å². The normalized spacial score (nSPS) is 10.7. The van der Waals surface area contributed by atoms with Crippen LogP contribution in [0.1, 0.15) is 32.9 Å². The van der Waals surface area contributed by atoms with Gasteiger partial charge in [0, 0.05) is 24.1 Å². The molecule has 1 aromatic carbocycles. The van der Waals surface area contributed by atoms with Gasteiger partial charge in [0.2, 0.25) is 0 Å². The van der Waals surface area contributed by atoms with Crippen LogP contribution in [0.5, 0.6) is 5.75 Å². The van der Waals surface area contributed by atoms with Gasteiger partial charge in [-0.05, 0) is 50.1 Å². The predicted molar refractivity (Wildman–Crippen MR) is 109 cm³/mol. The summed E-state index contributed by atoms with van der Waals surface area (Å²) < 4.78 is 10.4. The Morgan fingerprint density at radius 2 is 2.00 bits per heavy atom. The molecule has 7 heteroatoms. The van der Waals surface area contributed by atoms with Crippen LogP contribution in [0.4, 0.5) is 0 Å². The van der Waals surface area contributed by atoms with Gasteiger partial charge < -0.3 is 14.6 Å². The van der Waals surface area contributed by atoms with Gasteiger partial charge >= 0.3 is 0 Å². The molecule has 3 aromatic rings. The maximum atomic E-state index is 12.6. The quantitative estimate of drug-likeness (QED) is 0.580. The molecule has 0 atom stereocenters. The second-order valence-electron chi connectivity index (χ2n) is 6.30. The fraction of sp³-hybridized carbons (Fsp3) is 0.286. The van der Waals surface area contributed by atoms with Crippen molar-refractivity contribution >= 4 is 17.7 Å². The summed E-state index contributed by atoms with van der Waals surface area (Å²) in [5, 5.41) is 7.65. The van der Waals surface area contributed by atoms with Crippen molar-refractivity contribution in [2.75, 3.05) is 13.7 Å². The van der Waals surface area contributed by atoms with E-state index in [-0.39, 0.29) is 5.91 Å². The smallest absolute Gasteiger partial charge is 0.254 e. The second kappa shape index (κ2) is 9.41. The van der Waals surface area contributed by atoms with Crippen LogP contribution < -0.4 is 10.1 Å². The molecule has 3 rings (SSSR count). The summed E-state index contributed by atoms with van der Waals surface area (Å²) >= 11 is 1.51. The van der Waals surface area contributed by atoms with Crippen LogP contribution in [0.15, 0.2) is 52.1 Å². The molecule has 1 N–H and O–H groups in total. The number of thioether (sulfide) groups is 1. The van der Waals surface area contributed by atoms with E-state index >= 15 is 0 Å². The number of hydrogen-bond donors (Lipinski definition) is 1. The van der Waals surface area contributed by atoms with Crippen molar-refractivity contribution in [3.8, 4) is 5.75 Å². The van der Waals surface area contributed by atoms with Crippen molar-refractivity contribution in [3.05, 3.63) is 70.7 Å². The molecule has 0 saturated heterocycles. The average Bonchev–Trinajstić information content (AvgIpc) is 3.04. The fourth-order valence-electron chi connectivity index (χ4n) is 2.73. The minimum Gasteiger partial charge on any atom is -0.497 e. The third-order valence-corrected chi connectivity index (χ3v) is 5.44. The number of nitrogens with one attached hydrogen (secondary N) is 1.